The highest BCUT2D eigenvalue weighted by atomic mass is 16.2. The Balaban J connectivity index is 1.45. The molecule has 0 aromatic carbocycles. The number of likely N-dealkylation sites (tertiary alicyclic amines) is 1. The lowest BCUT2D eigenvalue weighted by atomic mass is 9.97. The van der Waals surface area contributed by atoms with Crippen molar-refractivity contribution in [3.63, 3.8) is 0 Å². The molecule has 140 valence electrons. The van der Waals surface area contributed by atoms with Crippen molar-refractivity contribution in [3.05, 3.63) is 54.1 Å². The molecule has 1 aliphatic rings. The maximum atomic E-state index is 12.7. The van der Waals surface area contributed by atoms with E-state index >= 15 is 0 Å². The first-order chi connectivity index (χ1) is 13.2. The first kappa shape index (κ1) is 17.3. The third-order valence-corrected chi connectivity index (χ3v) is 4.96. The van der Waals surface area contributed by atoms with E-state index in [9.17, 15) is 4.79 Å². The van der Waals surface area contributed by atoms with Gasteiger partial charge in [0.05, 0.1) is 6.54 Å². The monoisotopic (exact) mass is 366 g/mol. The Morgan fingerprint density at radius 2 is 2.26 bits per heavy atom. The fourth-order valence-corrected chi connectivity index (χ4v) is 3.54. The molecular formula is C18H22N8O. The fourth-order valence-electron chi connectivity index (χ4n) is 3.54. The van der Waals surface area contributed by atoms with E-state index in [0.29, 0.717) is 12.4 Å². The number of aromatic nitrogens is 7. The molecule has 1 aliphatic heterocycles. The first-order valence-electron chi connectivity index (χ1n) is 9.11. The van der Waals surface area contributed by atoms with Crippen LogP contribution in [0.15, 0.2) is 36.9 Å². The van der Waals surface area contributed by atoms with E-state index in [2.05, 4.69) is 36.1 Å². The summed E-state index contributed by atoms with van der Waals surface area (Å²) in [5, 5.41) is 11.3. The number of hydrogen-bond donors (Lipinski definition) is 0. The SMILES string of the molecule is Cc1nnnn1CC(=O)N1CCC[C@H](c2nccn2Cc2cccnc2)C1. The van der Waals surface area contributed by atoms with Gasteiger partial charge in [0, 0.05) is 43.8 Å². The molecule has 0 unspecified atom stereocenters. The van der Waals surface area contributed by atoms with E-state index in [0.717, 1.165) is 37.3 Å². The molecule has 3 aromatic rings. The van der Waals surface area contributed by atoms with Gasteiger partial charge in [0.25, 0.3) is 0 Å². The van der Waals surface area contributed by atoms with E-state index in [1.807, 2.05) is 29.6 Å². The molecule has 0 spiro atoms. The van der Waals surface area contributed by atoms with Crippen molar-refractivity contribution < 1.29 is 4.79 Å². The first-order valence-corrected chi connectivity index (χ1v) is 9.11. The van der Waals surface area contributed by atoms with Crippen LogP contribution < -0.4 is 0 Å². The van der Waals surface area contributed by atoms with E-state index < -0.39 is 0 Å². The fraction of sp³-hybridized carbons (Fsp3) is 0.444. The molecule has 0 saturated carbocycles. The summed E-state index contributed by atoms with van der Waals surface area (Å²) in [7, 11) is 0. The molecule has 0 radical (unpaired) electrons. The van der Waals surface area contributed by atoms with Gasteiger partial charge in [-0.15, -0.1) is 5.10 Å². The van der Waals surface area contributed by atoms with Crippen LogP contribution >= 0.6 is 0 Å². The van der Waals surface area contributed by atoms with Gasteiger partial charge in [0.1, 0.15) is 18.2 Å². The molecule has 0 aliphatic carbocycles. The molecule has 3 aromatic heterocycles. The number of piperidine rings is 1. The Kier molecular flexibility index (Phi) is 4.91. The Morgan fingerprint density at radius 3 is 3.04 bits per heavy atom. The second kappa shape index (κ2) is 7.65. The smallest absolute Gasteiger partial charge is 0.244 e. The minimum Gasteiger partial charge on any atom is -0.340 e. The summed E-state index contributed by atoms with van der Waals surface area (Å²) < 4.78 is 3.69. The number of pyridine rings is 1. The van der Waals surface area contributed by atoms with Crippen molar-refractivity contribution in [2.75, 3.05) is 13.1 Å². The molecule has 9 nitrogen and oxygen atoms in total. The number of amides is 1. The number of aryl methyl sites for hydroxylation is 1. The highest BCUT2D eigenvalue weighted by Gasteiger charge is 2.28. The number of carbonyl (C=O) groups excluding carboxylic acids is 1. The highest BCUT2D eigenvalue weighted by molar-refractivity contribution is 5.76. The number of carbonyl (C=O) groups is 1. The number of rotatable bonds is 5. The van der Waals surface area contributed by atoms with Crippen LogP contribution in [0.4, 0.5) is 0 Å². The summed E-state index contributed by atoms with van der Waals surface area (Å²) in [6.07, 6.45) is 9.46. The average molecular weight is 366 g/mol. The molecule has 0 N–H and O–H groups in total. The van der Waals surface area contributed by atoms with Gasteiger partial charge in [-0.3, -0.25) is 9.78 Å². The molecule has 1 atom stereocenters. The molecule has 1 amide bonds. The van der Waals surface area contributed by atoms with Crippen LogP contribution in [0, 0.1) is 6.92 Å². The van der Waals surface area contributed by atoms with Gasteiger partial charge in [-0.1, -0.05) is 6.07 Å². The largest absolute Gasteiger partial charge is 0.340 e. The number of hydrogen-bond acceptors (Lipinski definition) is 6. The lowest BCUT2D eigenvalue weighted by molar-refractivity contribution is -0.133. The van der Waals surface area contributed by atoms with E-state index in [4.69, 9.17) is 0 Å². The van der Waals surface area contributed by atoms with Crippen molar-refractivity contribution in [1.29, 1.82) is 0 Å². The van der Waals surface area contributed by atoms with E-state index in [1.54, 1.807) is 13.1 Å². The average Bonchev–Trinajstić information content (AvgIpc) is 3.32. The summed E-state index contributed by atoms with van der Waals surface area (Å²) >= 11 is 0. The third-order valence-electron chi connectivity index (χ3n) is 4.96. The summed E-state index contributed by atoms with van der Waals surface area (Å²) in [6, 6.07) is 4.00. The van der Waals surface area contributed by atoms with Crippen molar-refractivity contribution in [2.24, 2.45) is 0 Å². The van der Waals surface area contributed by atoms with Crippen LogP contribution in [0.5, 0.6) is 0 Å². The van der Waals surface area contributed by atoms with Crippen molar-refractivity contribution >= 4 is 5.91 Å². The van der Waals surface area contributed by atoms with Crippen LogP contribution in [0.3, 0.4) is 0 Å². The second-order valence-electron chi connectivity index (χ2n) is 6.84. The predicted molar refractivity (Wildman–Crippen MR) is 96.7 cm³/mol. The minimum absolute atomic E-state index is 0.0421. The maximum absolute atomic E-state index is 12.7. The lowest BCUT2D eigenvalue weighted by Gasteiger charge is -2.32. The zero-order chi connectivity index (χ0) is 18.6. The molecule has 27 heavy (non-hydrogen) atoms. The summed E-state index contributed by atoms with van der Waals surface area (Å²) in [5.41, 5.74) is 1.13. The molecule has 1 fully saturated rings. The Labute approximate surface area is 157 Å². The molecule has 0 bridgehead atoms. The zero-order valence-electron chi connectivity index (χ0n) is 15.3. The predicted octanol–water partition coefficient (Wildman–Crippen LogP) is 1.03. The van der Waals surface area contributed by atoms with Crippen LogP contribution in [0.2, 0.25) is 0 Å². The van der Waals surface area contributed by atoms with Crippen molar-refractivity contribution in [2.45, 2.75) is 38.8 Å². The van der Waals surface area contributed by atoms with Crippen molar-refractivity contribution in [3.8, 4) is 0 Å². The van der Waals surface area contributed by atoms with Gasteiger partial charge in [-0.2, -0.15) is 0 Å². The molecular weight excluding hydrogens is 344 g/mol. The Morgan fingerprint density at radius 1 is 1.33 bits per heavy atom. The normalized spacial score (nSPS) is 17.2. The van der Waals surface area contributed by atoms with Gasteiger partial charge in [0.15, 0.2) is 0 Å². The van der Waals surface area contributed by atoms with Gasteiger partial charge in [0.2, 0.25) is 5.91 Å². The van der Waals surface area contributed by atoms with Crippen molar-refractivity contribution in [1.82, 2.24) is 39.6 Å². The highest BCUT2D eigenvalue weighted by Crippen LogP contribution is 2.26. The zero-order valence-corrected chi connectivity index (χ0v) is 15.3. The van der Waals surface area contributed by atoms with Gasteiger partial charge in [-0.05, 0) is 41.8 Å². The van der Waals surface area contributed by atoms with Gasteiger partial charge < -0.3 is 9.47 Å². The summed E-state index contributed by atoms with van der Waals surface area (Å²) in [6.45, 7) is 4.14. The Hall–Kier alpha value is -3.10. The summed E-state index contributed by atoms with van der Waals surface area (Å²) in [4.78, 5) is 23.4. The van der Waals surface area contributed by atoms with Crippen LogP contribution in [-0.4, -0.2) is 58.6 Å². The summed E-state index contributed by atoms with van der Waals surface area (Å²) in [5.74, 6) is 1.93. The van der Waals surface area contributed by atoms with E-state index in [1.165, 1.54) is 4.68 Å². The van der Waals surface area contributed by atoms with Crippen LogP contribution in [0.1, 0.15) is 36.0 Å². The molecule has 4 heterocycles. The second-order valence-corrected chi connectivity index (χ2v) is 6.84. The van der Waals surface area contributed by atoms with Crippen LogP contribution in [0.25, 0.3) is 0 Å². The number of nitrogens with zero attached hydrogens (tertiary/aromatic N) is 8. The molecule has 1 saturated heterocycles. The van der Waals surface area contributed by atoms with Gasteiger partial charge >= 0.3 is 0 Å². The molecule has 9 heteroatoms. The number of imidazole rings is 1. The lowest BCUT2D eigenvalue weighted by Crippen LogP contribution is -2.41. The van der Waals surface area contributed by atoms with Crippen LogP contribution in [-0.2, 0) is 17.9 Å². The Bertz CT molecular complexity index is 903. The quantitative estimate of drug-likeness (QED) is 0.669. The topological polar surface area (TPSA) is 94.6 Å². The third kappa shape index (κ3) is 3.86. The standard InChI is InChI=1S/C18H22N8O/c1-14-21-22-23-26(14)13-17(27)24-8-3-5-16(12-24)18-20-7-9-25(18)11-15-4-2-6-19-10-15/h2,4,6-7,9-10,16H,3,5,8,11-13H2,1H3/t16-/m0/s1. The maximum Gasteiger partial charge on any atom is 0.244 e. The minimum atomic E-state index is 0.0421. The van der Waals surface area contributed by atoms with E-state index in [-0.39, 0.29) is 18.4 Å². The number of tetrazole rings is 1. The molecule has 4 rings (SSSR count). The van der Waals surface area contributed by atoms with Gasteiger partial charge in [-0.25, -0.2) is 9.67 Å².